The van der Waals surface area contributed by atoms with Gasteiger partial charge in [-0.1, -0.05) is 23.7 Å². The number of hydrogen-bond donors (Lipinski definition) is 1. The van der Waals surface area contributed by atoms with E-state index in [4.69, 9.17) is 22.1 Å². The van der Waals surface area contributed by atoms with Gasteiger partial charge >= 0.3 is 0 Å². The molecule has 0 amide bonds. The largest absolute Gasteiger partial charge is 0.497 e. The summed E-state index contributed by atoms with van der Waals surface area (Å²) in [5, 5.41) is 4.28. The van der Waals surface area contributed by atoms with E-state index >= 15 is 0 Å². The van der Waals surface area contributed by atoms with Crippen LogP contribution in [0.25, 0.3) is 27.6 Å². The Hall–Kier alpha value is -5.06. The zero-order valence-electron chi connectivity index (χ0n) is 26.4. The number of fused-ring (bicyclic) bond motifs is 2. The lowest BCUT2D eigenvalue weighted by atomic mass is 10.0. The zero-order chi connectivity index (χ0) is 35.9. The molecule has 2 N–H and O–H groups in total. The van der Waals surface area contributed by atoms with Crippen LogP contribution in [-0.4, -0.2) is 52.5 Å². The summed E-state index contributed by atoms with van der Waals surface area (Å²) < 4.78 is 91.1. The lowest BCUT2D eigenvalue weighted by molar-refractivity contribution is 0.123. The van der Waals surface area contributed by atoms with E-state index in [2.05, 4.69) is 15.1 Å². The summed E-state index contributed by atoms with van der Waals surface area (Å²) in [6.07, 6.45) is -0.819. The molecule has 3 aromatic heterocycles. The van der Waals surface area contributed by atoms with Gasteiger partial charge in [0.1, 0.15) is 29.8 Å². The van der Waals surface area contributed by atoms with E-state index in [9.17, 15) is 30.8 Å². The van der Waals surface area contributed by atoms with Gasteiger partial charge in [0.15, 0.2) is 11.5 Å². The van der Waals surface area contributed by atoms with Crippen molar-refractivity contribution < 1.29 is 30.7 Å². The minimum absolute atomic E-state index is 0.0133. The summed E-state index contributed by atoms with van der Waals surface area (Å²) in [6.45, 7) is -1.26. The maximum absolute atomic E-state index is 14.3. The van der Waals surface area contributed by atoms with Crippen LogP contribution in [-0.2, 0) is 29.5 Å². The normalized spacial score (nSPS) is 12.6. The third-order valence-electron chi connectivity index (χ3n) is 7.86. The van der Waals surface area contributed by atoms with Crippen molar-refractivity contribution in [3.63, 3.8) is 0 Å². The maximum Gasteiger partial charge on any atom is 0.267 e. The number of methoxy groups -OCH3 is 1. The van der Waals surface area contributed by atoms with E-state index in [-0.39, 0.29) is 62.8 Å². The number of ether oxygens (including phenoxy) is 1. The van der Waals surface area contributed by atoms with Crippen LogP contribution in [0.5, 0.6) is 5.75 Å². The second-order valence-corrected chi connectivity index (χ2v) is 13.7. The topological polar surface area (TPSA) is 138 Å². The molecule has 50 heavy (non-hydrogen) atoms. The summed E-state index contributed by atoms with van der Waals surface area (Å²) in [6, 6.07) is 13.9. The van der Waals surface area contributed by atoms with Gasteiger partial charge in [-0.2, -0.15) is 5.10 Å². The molecule has 17 heteroatoms. The van der Waals surface area contributed by atoms with Crippen LogP contribution >= 0.6 is 11.6 Å². The number of anilines is 1. The molecule has 0 unspecified atom stereocenters. The lowest BCUT2D eigenvalue weighted by Crippen LogP contribution is -2.30. The van der Waals surface area contributed by atoms with Gasteiger partial charge in [0.2, 0.25) is 10.0 Å². The van der Waals surface area contributed by atoms with Gasteiger partial charge in [0.25, 0.3) is 12.0 Å². The first-order valence-electron chi connectivity index (χ1n) is 14.9. The number of alkyl halides is 2. The Bertz CT molecular complexity index is 2390. The van der Waals surface area contributed by atoms with Gasteiger partial charge < -0.3 is 10.5 Å². The van der Waals surface area contributed by atoms with Crippen LogP contribution < -0.4 is 20.3 Å². The lowest BCUT2D eigenvalue weighted by Gasteiger charge is -2.21. The van der Waals surface area contributed by atoms with Gasteiger partial charge in [0.05, 0.1) is 53.0 Å². The Morgan fingerprint density at radius 2 is 1.72 bits per heavy atom. The highest BCUT2D eigenvalue weighted by Gasteiger charge is 2.30. The first kappa shape index (κ1) is 34.8. The highest BCUT2D eigenvalue weighted by molar-refractivity contribution is 7.92. The number of hydrogen-bond acceptors (Lipinski definition) is 8. The number of nitrogens with zero attached hydrogens (tertiary/aromatic N) is 6. The molecular weight excluding hydrogens is 702 g/mol. The van der Waals surface area contributed by atoms with E-state index in [0.29, 0.717) is 17.4 Å². The quantitative estimate of drug-likeness (QED) is 0.172. The predicted octanol–water partition coefficient (Wildman–Crippen LogP) is 5.54. The van der Waals surface area contributed by atoms with E-state index in [1.807, 2.05) is 0 Å². The first-order chi connectivity index (χ1) is 23.7. The van der Waals surface area contributed by atoms with E-state index in [1.165, 1.54) is 37.6 Å². The maximum atomic E-state index is 14.3. The number of halogens is 5. The number of nitrogens with two attached hydrogens (primary N) is 1. The van der Waals surface area contributed by atoms with Gasteiger partial charge in [0, 0.05) is 12.3 Å². The number of benzene rings is 3. The summed E-state index contributed by atoms with van der Waals surface area (Å²) in [5.74, 6) is -1.55. The monoisotopic (exact) mass is 729 g/mol. The molecular formula is C33H28ClF4N7O4S. The molecule has 0 aliphatic heterocycles. The third kappa shape index (κ3) is 6.86. The molecule has 0 saturated carbocycles. The fourth-order valence-electron chi connectivity index (χ4n) is 5.70. The molecule has 6 aromatic rings. The number of rotatable bonds is 11. The Morgan fingerprint density at radius 3 is 2.36 bits per heavy atom. The first-order valence-corrected chi connectivity index (χ1v) is 17.1. The summed E-state index contributed by atoms with van der Waals surface area (Å²) in [7, 11) is -2.65. The average Bonchev–Trinajstić information content (AvgIpc) is 3.42. The molecule has 0 saturated heterocycles. The number of aromatic nitrogens is 5. The Morgan fingerprint density at radius 1 is 1.02 bits per heavy atom. The highest BCUT2D eigenvalue weighted by Crippen LogP contribution is 2.38. The van der Waals surface area contributed by atoms with Crippen molar-refractivity contribution in [3.8, 4) is 11.4 Å². The van der Waals surface area contributed by atoms with Crippen molar-refractivity contribution in [3.05, 3.63) is 117 Å². The summed E-state index contributed by atoms with van der Waals surface area (Å²) >= 11 is 6.69. The standard InChI is InChI=1S/C33H28ClF4N7O4S/c1-49-22-7-5-18(6-8-22)16-44(50(2,47)48)32-28-24(34)9-10-26(29(28)43(42-32)17-27(37)38)45-31(41-30-23(33(45)46)4-3-11-40-30)25(39)14-19-12-20(35)15-21(36)13-19/h3-13,15,25,27H,14,16-17,39H2,1-2H3/t25-/m0/s1. The molecule has 0 fully saturated rings. The Balaban J connectivity index is 1.62. The fraction of sp³-hybridized carbons (Fsp3) is 0.212. The highest BCUT2D eigenvalue weighted by atomic mass is 35.5. The molecule has 260 valence electrons. The molecule has 0 aliphatic carbocycles. The van der Waals surface area contributed by atoms with Crippen LogP contribution in [0.3, 0.4) is 0 Å². The average molecular weight is 730 g/mol. The summed E-state index contributed by atoms with van der Waals surface area (Å²) in [4.78, 5) is 23.0. The third-order valence-corrected chi connectivity index (χ3v) is 9.27. The van der Waals surface area contributed by atoms with Crippen LogP contribution in [0.4, 0.5) is 23.4 Å². The minimum atomic E-state index is -4.12. The van der Waals surface area contributed by atoms with E-state index in [0.717, 1.165) is 31.9 Å². The second kappa shape index (κ2) is 13.7. The predicted molar refractivity (Wildman–Crippen MR) is 180 cm³/mol. The van der Waals surface area contributed by atoms with E-state index in [1.54, 1.807) is 24.3 Å². The van der Waals surface area contributed by atoms with Crippen molar-refractivity contribution in [1.82, 2.24) is 24.3 Å². The fourth-order valence-corrected chi connectivity index (χ4v) is 6.76. The van der Waals surface area contributed by atoms with Gasteiger partial charge in [-0.15, -0.1) is 0 Å². The minimum Gasteiger partial charge on any atom is -0.497 e. The van der Waals surface area contributed by atoms with Gasteiger partial charge in [-0.05, 0) is 66.1 Å². The Kier molecular flexibility index (Phi) is 9.52. The van der Waals surface area contributed by atoms with Crippen LogP contribution in [0.1, 0.15) is 23.0 Å². The van der Waals surface area contributed by atoms with Gasteiger partial charge in [-0.25, -0.2) is 40.3 Å². The van der Waals surface area contributed by atoms with Gasteiger partial charge in [-0.3, -0.25) is 14.0 Å². The molecule has 0 bridgehead atoms. The Labute approximate surface area is 287 Å². The SMILES string of the molecule is COc1ccc(CN(c2nn(CC(F)F)c3c(-n4c([C@@H](N)Cc5cc(F)cc(F)c5)nc5ncccc5c4=O)ccc(Cl)c23)S(C)(=O)=O)cc1. The van der Waals surface area contributed by atoms with Crippen molar-refractivity contribution >= 4 is 49.4 Å². The number of sulfonamides is 1. The van der Waals surface area contributed by atoms with Crippen LogP contribution in [0.2, 0.25) is 5.02 Å². The molecule has 1 atom stereocenters. The second-order valence-electron chi connectivity index (χ2n) is 11.4. The molecule has 6 rings (SSSR count). The van der Waals surface area contributed by atoms with Crippen LogP contribution in [0.15, 0.2) is 77.7 Å². The van der Waals surface area contributed by atoms with Crippen molar-refractivity contribution in [2.75, 3.05) is 17.7 Å². The smallest absolute Gasteiger partial charge is 0.267 e. The molecule has 0 radical (unpaired) electrons. The van der Waals surface area contributed by atoms with Crippen molar-refractivity contribution in [2.45, 2.75) is 32.0 Å². The van der Waals surface area contributed by atoms with Crippen molar-refractivity contribution in [2.24, 2.45) is 5.73 Å². The molecule has 0 aliphatic rings. The number of pyridine rings is 1. The zero-order valence-corrected chi connectivity index (χ0v) is 28.0. The molecule has 0 spiro atoms. The molecule has 3 heterocycles. The molecule has 11 nitrogen and oxygen atoms in total. The van der Waals surface area contributed by atoms with Crippen molar-refractivity contribution in [1.29, 1.82) is 0 Å². The van der Waals surface area contributed by atoms with E-state index < -0.39 is 46.2 Å². The summed E-state index contributed by atoms with van der Waals surface area (Å²) in [5.41, 5.74) is 6.39. The van der Waals surface area contributed by atoms with Crippen LogP contribution in [0, 0.1) is 11.6 Å². The molecule has 3 aromatic carbocycles.